The fraction of sp³-hybridized carbons (Fsp3) is 0.571. The van der Waals surface area contributed by atoms with E-state index in [1.165, 1.54) is 6.42 Å². The van der Waals surface area contributed by atoms with Gasteiger partial charge in [-0.1, -0.05) is 25.1 Å². The minimum absolute atomic E-state index is 0.0515. The molecule has 1 heterocycles. The van der Waals surface area contributed by atoms with Crippen molar-refractivity contribution in [1.82, 2.24) is 4.90 Å². The molecule has 1 aliphatic heterocycles. The van der Waals surface area contributed by atoms with Gasteiger partial charge in [0, 0.05) is 24.7 Å². The third-order valence-corrected chi connectivity index (χ3v) is 3.84. The molecule has 0 spiro atoms. The Labute approximate surface area is 113 Å². The van der Waals surface area contributed by atoms with Crippen LogP contribution in [0.3, 0.4) is 0 Å². The molecule has 5 nitrogen and oxygen atoms in total. The van der Waals surface area contributed by atoms with Gasteiger partial charge in [0.05, 0.1) is 11.0 Å². The van der Waals surface area contributed by atoms with Crippen molar-refractivity contribution >= 4 is 5.69 Å². The molecule has 1 aliphatic rings. The van der Waals surface area contributed by atoms with E-state index in [0.29, 0.717) is 12.5 Å². The predicted molar refractivity (Wildman–Crippen MR) is 74.9 cm³/mol. The third kappa shape index (κ3) is 3.11. The highest BCUT2D eigenvalue weighted by Crippen LogP contribution is 2.31. The standard InChI is InChI=1S/C14H21N3O2/c1-11-5-4-8-16(10-11)14(9-15)12-6-2-3-7-13(12)17(18)19/h2-3,6-7,11,14H,4-5,8-10,15H2,1H3. The van der Waals surface area contributed by atoms with Gasteiger partial charge in [0.25, 0.3) is 5.69 Å². The van der Waals surface area contributed by atoms with Gasteiger partial charge in [0.2, 0.25) is 0 Å². The second-order valence-corrected chi connectivity index (χ2v) is 5.31. The van der Waals surface area contributed by atoms with Crippen LogP contribution in [0.4, 0.5) is 5.69 Å². The zero-order chi connectivity index (χ0) is 13.8. The molecule has 104 valence electrons. The molecule has 0 bridgehead atoms. The SMILES string of the molecule is CC1CCCN(C(CN)c2ccccc2[N+](=O)[O-])C1. The monoisotopic (exact) mass is 263 g/mol. The van der Waals surface area contributed by atoms with E-state index >= 15 is 0 Å². The van der Waals surface area contributed by atoms with E-state index in [4.69, 9.17) is 5.73 Å². The van der Waals surface area contributed by atoms with Crippen LogP contribution in [0.5, 0.6) is 0 Å². The summed E-state index contributed by atoms with van der Waals surface area (Å²) in [5.41, 5.74) is 6.80. The number of para-hydroxylation sites is 1. The Morgan fingerprint density at radius 3 is 2.89 bits per heavy atom. The predicted octanol–water partition coefficient (Wildman–Crippen LogP) is 2.33. The number of nitrogens with two attached hydrogens (primary N) is 1. The van der Waals surface area contributed by atoms with E-state index in [1.807, 2.05) is 12.1 Å². The molecule has 19 heavy (non-hydrogen) atoms. The van der Waals surface area contributed by atoms with Crippen molar-refractivity contribution in [3.05, 3.63) is 39.9 Å². The zero-order valence-electron chi connectivity index (χ0n) is 11.3. The van der Waals surface area contributed by atoms with Gasteiger partial charge >= 0.3 is 0 Å². The van der Waals surface area contributed by atoms with Crippen molar-refractivity contribution in [3.63, 3.8) is 0 Å². The molecule has 0 aromatic heterocycles. The Bertz CT molecular complexity index is 450. The van der Waals surface area contributed by atoms with E-state index in [9.17, 15) is 10.1 Å². The highest BCUT2D eigenvalue weighted by Gasteiger charge is 2.28. The van der Waals surface area contributed by atoms with Crippen LogP contribution < -0.4 is 5.73 Å². The maximum atomic E-state index is 11.1. The van der Waals surface area contributed by atoms with E-state index < -0.39 is 0 Å². The minimum atomic E-state index is -0.314. The quantitative estimate of drug-likeness (QED) is 0.668. The van der Waals surface area contributed by atoms with Crippen molar-refractivity contribution < 1.29 is 4.92 Å². The molecular formula is C14H21N3O2. The summed E-state index contributed by atoms with van der Waals surface area (Å²) in [5.74, 6) is 0.630. The number of nitrogens with zero attached hydrogens (tertiary/aromatic N) is 2. The lowest BCUT2D eigenvalue weighted by Gasteiger charge is -2.36. The topological polar surface area (TPSA) is 72.4 Å². The van der Waals surface area contributed by atoms with Crippen LogP contribution in [0, 0.1) is 16.0 Å². The molecule has 2 N–H and O–H groups in total. The van der Waals surface area contributed by atoms with Gasteiger partial charge in [-0.05, 0) is 25.3 Å². The molecule has 2 unspecified atom stereocenters. The molecule has 1 aromatic carbocycles. The molecule has 1 fully saturated rings. The van der Waals surface area contributed by atoms with Gasteiger partial charge in [-0.15, -0.1) is 0 Å². The normalized spacial score (nSPS) is 22.1. The summed E-state index contributed by atoms with van der Waals surface area (Å²) in [5, 5.41) is 11.1. The third-order valence-electron chi connectivity index (χ3n) is 3.84. The van der Waals surface area contributed by atoms with Crippen molar-refractivity contribution in [2.45, 2.75) is 25.8 Å². The number of hydrogen-bond acceptors (Lipinski definition) is 4. The first-order valence-corrected chi connectivity index (χ1v) is 6.81. The summed E-state index contributed by atoms with van der Waals surface area (Å²) in [6, 6.07) is 6.89. The molecular weight excluding hydrogens is 242 g/mol. The van der Waals surface area contributed by atoms with Crippen LogP contribution in [-0.4, -0.2) is 29.5 Å². The fourth-order valence-electron chi connectivity index (χ4n) is 2.92. The molecule has 0 radical (unpaired) electrons. The van der Waals surface area contributed by atoms with Crippen molar-refractivity contribution in [2.75, 3.05) is 19.6 Å². The summed E-state index contributed by atoms with van der Waals surface area (Å²) in [6.07, 6.45) is 2.36. The number of benzene rings is 1. The molecule has 1 saturated heterocycles. The van der Waals surface area contributed by atoms with E-state index in [2.05, 4.69) is 11.8 Å². The molecule has 2 rings (SSSR count). The summed E-state index contributed by atoms with van der Waals surface area (Å²) in [4.78, 5) is 13.1. The Morgan fingerprint density at radius 1 is 1.53 bits per heavy atom. The molecule has 0 saturated carbocycles. The van der Waals surface area contributed by atoms with Gasteiger partial charge in [-0.3, -0.25) is 15.0 Å². The largest absolute Gasteiger partial charge is 0.329 e. The number of likely N-dealkylation sites (tertiary alicyclic amines) is 1. The van der Waals surface area contributed by atoms with Gasteiger partial charge in [0.1, 0.15) is 0 Å². The Kier molecular flexibility index (Phi) is 4.50. The summed E-state index contributed by atoms with van der Waals surface area (Å²) < 4.78 is 0. The zero-order valence-corrected chi connectivity index (χ0v) is 11.3. The van der Waals surface area contributed by atoms with Crippen molar-refractivity contribution in [3.8, 4) is 0 Å². The second-order valence-electron chi connectivity index (χ2n) is 5.31. The minimum Gasteiger partial charge on any atom is -0.329 e. The number of hydrogen-bond donors (Lipinski definition) is 1. The summed E-state index contributed by atoms with van der Waals surface area (Å²) in [7, 11) is 0. The average Bonchev–Trinajstić information content (AvgIpc) is 2.40. The molecule has 1 aromatic rings. The lowest BCUT2D eigenvalue weighted by Crippen LogP contribution is -2.40. The Morgan fingerprint density at radius 2 is 2.26 bits per heavy atom. The van der Waals surface area contributed by atoms with Crippen LogP contribution >= 0.6 is 0 Å². The van der Waals surface area contributed by atoms with Crippen LogP contribution in [0.15, 0.2) is 24.3 Å². The smallest absolute Gasteiger partial charge is 0.274 e. The first kappa shape index (κ1) is 14.0. The molecule has 2 atom stereocenters. The van der Waals surface area contributed by atoms with Gasteiger partial charge in [-0.25, -0.2) is 0 Å². The fourth-order valence-corrected chi connectivity index (χ4v) is 2.92. The number of piperidine rings is 1. The summed E-state index contributed by atoms with van der Waals surface area (Å²) >= 11 is 0. The maximum absolute atomic E-state index is 11.1. The first-order valence-electron chi connectivity index (χ1n) is 6.81. The highest BCUT2D eigenvalue weighted by molar-refractivity contribution is 5.42. The first-order chi connectivity index (χ1) is 9.13. The van der Waals surface area contributed by atoms with Crippen molar-refractivity contribution in [2.24, 2.45) is 11.7 Å². The van der Waals surface area contributed by atoms with Crippen LogP contribution in [-0.2, 0) is 0 Å². The van der Waals surface area contributed by atoms with E-state index in [0.717, 1.165) is 25.1 Å². The lowest BCUT2D eigenvalue weighted by atomic mass is 9.95. The van der Waals surface area contributed by atoms with Gasteiger partial charge in [0.15, 0.2) is 0 Å². The molecule has 0 aliphatic carbocycles. The molecule has 5 heteroatoms. The van der Waals surface area contributed by atoms with E-state index in [1.54, 1.807) is 12.1 Å². The molecule has 0 amide bonds. The van der Waals surface area contributed by atoms with E-state index in [-0.39, 0.29) is 16.7 Å². The summed E-state index contributed by atoms with van der Waals surface area (Å²) in [6.45, 7) is 4.57. The lowest BCUT2D eigenvalue weighted by molar-refractivity contribution is -0.386. The maximum Gasteiger partial charge on any atom is 0.274 e. The number of rotatable bonds is 4. The second kappa shape index (κ2) is 6.12. The average molecular weight is 263 g/mol. The van der Waals surface area contributed by atoms with Gasteiger partial charge < -0.3 is 5.73 Å². The van der Waals surface area contributed by atoms with Gasteiger partial charge in [-0.2, -0.15) is 0 Å². The van der Waals surface area contributed by atoms with Crippen LogP contribution in [0.25, 0.3) is 0 Å². The number of nitro benzene ring substituents is 1. The van der Waals surface area contributed by atoms with Crippen LogP contribution in [0.2, 0.25) is 0 Å². The van der Waals surface area contributed by atoms with Crippen molar-refractivity contribution in [1.29, 1.82) is 0 Å². The van der Waals surface area contributed by atoms with Crippen LogP contribution in [0.1, 0.15) is 31.4 Å². The highest BCUT2D eigenvalue weighted by atomic mass is 16.6. The Balaban J connectivity index is 2.28. The Hall–Kier alpha value is -1.46. The number of nitro groups is 1.